The number of alkyl carbamates (subject to hydrolysis) is 1. The van der Waals surface area contributed by atoms with E-state index in [2.05, 4.69) is 64.4 Å². The summed E-state index contributed by atoms with van der Waals surface area (Å²) in [6.45, 7) is 10.2. The topological polar surface area (TPSA) is 101 Å². The molecule has 0 fully saturated rings. The van der Waals surface area contributed by atoms with Crippen LogP contribution in [0.5, 0.6) is 0 Å². The number of hydrogen-bond acceptors (Lipinski definition) is 4. The molecule has 0 spiro atoms. The average Bonchev–Trinajstić information content (AvgIpc) is 3.39. The predicted molar refractivity (Wildman–Crippen MR) is 146 cm³/mol. The number of hydrazone groups is 1. The molecule has 2 amide bonds. The number of nitrogens with zero attached hydrogens (tertiary/aromatic N) is 2. The molecule has 0 aliphatic carbocycles. The van der Waals surface area contributed by atoms with Crippen LogP contribution >= 0.6 is 0 Å². The molecule has 0 radical (unpaired) electrons. The molecule has 37 heavy (non-hydrogen) atoms. The van der Waals surface area contributed by atoms with Gasteiger partial charge in [-0.05, 0) is 63.4 Å². The minimum atomic E-state index is -0.863. The number of nitrogens with one attached hydrogen (secondary N) is 3. The van der Waals surface area contributed by atoms with Gasteiger partial charge in [-0.15, -0.1) is 0 Å². The van der Waals surface area contributed by atoms with Gasteiger partial charge in [0.2, 0.25) is 0 Å². The molecule has 2 heterocycles. The van der Waals surface area contributed by atoms with E-state index in [-0.39, 0.29) is 13.0 Å². The number of aromatic nitrogens is 2. The zero-order chi connectivity index (χ0) is 26.5. The Labute approximate surface area is 216 Å². The maximum atomic E-state index is 13.1. The first-order valence-corrected chi connectivity index (χ1v) is 12.4. The van der Waals surface area contributed by atoms with Crippen molar-refractivity contribution < 1.29 is 14.3 Å². The molecule has 0 unspecified atom stereocenters. The molecule has 0 saturated heterocycles. The normalized spacial score (nSPS) is 12.1. The van der Waals surface area contributed by atoms with E-state index >= 15 is 0 Å². The molecule has 4 rings (SSSR count). The lowest BCUT2D eigenvalue weighted by molar-refractivity contribution is -0.123. The number of rotatable bonds is 8. The third-order valence-electron chi connectivity index (χ3n) is 6.49. The molecule has 8 heteroatoms. The first kappa shape index (κ1) is 25.8. The number of H-pyrrole nitrogens is 1. The Hall–Kier alpha value is -4.33. The minimum Gasteiger partial charge on any atom is -0.450 e. The summed E-state index contributed by atoms with van der Waals surface area (Å²) in [5.41, 5.74) is 11.0. The van der Waals surface area contributed by atoms with Crippen molar-refractivity contribution in [2.45, 2.75) is 47.1 Å². The van der Waals surface area contributed by atoms with E-state index in [4.69, 9.17) is 4.74 Å². The fourth-order valence-electron chi connectivity index (χ4n) is 4.71. The van der Waals surface area contributed by atoms with Gasteiger partial charge in [0.1, 0.15) is 6.04 Å². The minimum absolute atomic E-state index is 0.210. The van der Waals surface area contributed by atoms with E-state index in [0.717, 1.165) is 39.1 Å². The van der Waals surface area contributed by atoms with Crippen LogP contribution in [0, 0.1) is 27.7 Å². The van der Waals surface area contributed by atoms with Crippen LogP contribution in [0.3, 0.4) is 0 Å². The Morgan fingerprint density at radius 3 is 2.54 bits per heavy atom. The van der Waals surface area contributed by atoms with Crippen molar-refractivity contribution in [3.05, 3.63) is 88.4 Å². The van der Waals surface area contributed by atoms with Crippen LogP contribution in [-0.4, -0.2) is 40.4 Å². The fourth-order valence-corrected chi connectivity index (χ4v) is 4.71. The predicted octanol–water partition coefficient (Wildman–Crippen LogP) is 5.00. The van der Waals surface area contributed by atoms with E-state index in [0.29, 0.717) is 0 Å². The smallest absolute Gasteiger partial charge is 0.407 e. The number of hydrogen-bond donors (Lipinski definition) is 3. The zero-order valence-corrected chi connectivity index (χ0v) is 21.9. The second-order valence-corrected chi connectivity index (χ2v) is 9.12. The van der Waals surface area contributed by atoms with Crippen LogP contribution in [0.4, 0.5) is 4.79 Å². The van der Waals surface area contributed by atoms with E-state index < -0.39 is 18.0 Å². The number of aromatic amines is 1. The fraction of sp³-hybridized carbons (Fsp3) is 0.276. The summed E-state index contributed by atoms with van der Waals surface area (Å²) in [5.74, 6) is -0.432. The number of fused-ring (bicyclic) bond motifs is 1. The van der Waals surface area contributed by atoms with Crippen molar-refractivity contribution in [1.29, 1.82) is 0 Å². The quantitative estimate of drug-likeness (QED) is 0.235. The third kappa shape index (κ3) is 5.58. The summed E-state index contributed by atoms with van der Waals surface area (Å²) < 4.78 is 7.22. The van der Waals surface area contributed by atoms with Gasteiger partial charge in [-0.25, -0.2) is 10.2 Å². The third-order valence-corrected chi connectivity index (χ3v) is 6.49. The highest BCUT2D eigenvalue weighted by molar-refractivity contribution is 5.89. The first-order chi connectivity index (χ1) is 17.8. The van der Waals surface area contributed by atoms with Crippen molar-refractivity contribution in [1.82, 2.24) is 20.3 Å². The van der Waals surface area contributed by atoms with Crippen LogP contribution < -0.4 is 10.7 Å². The first-order valence-electron chi connectivity index (χ1n) is 12.4. The van der Waals surface area contributed by atoms with Crippen molar-refractivity contribution in [2.75, 3.05) is 6.61 Å². The number of para-hydroxylation sites is 2. The van der Waals surface area contributed by atoms with Gasteiger partial charge in [0.25, 0.3) is 5.91 Å². The highest BCUT2D eigenvalue weighted by Crippen LogP contribution is 2.25. The Kier molecular flexibility index (Phi) is 7.77. The molecule has 8 nitrogen and oxygen atoms in total. The molecular formula is C29H33N5O3. The number of amides is 2. The summed E-state index contributed by atoms with van der Waals surface area (Å²) in [5, 5.41) is 7.88. The second kappa shape index (κ2) is 11.2. The van der Waals surface area contributed by atoms with Crippen molar-refractivity contribution >= 4 is 29.1 Å². The number of benzene rings is 2. The average molecular weight is 500 g/mol. The van der Waals surface area contributed by atoms with Gasteiger partial charge in [0.05, 0.1) is 18.5 Å². The second-order valence-electron chi connectivity index (χ2n) is 9.12. The molecule has 0 bridgehead atoms. The van der Waals surface area contributed by atoms with Crippen LogP contribution in [0.25, 0.3) is 16.6 Å². The molecular weight excluding hydrogens is 466 g/mol. The summed E-state index contributed by atoms with van der Waals surface area (Å²) in [7, 11) is 0. The van der Waals surface area contributed by atoms with Gasteiger partial charge in [0, 0.05) is 40.5 Å². The number of aryl methyl sites for hydroxylation is 3. The van der Waals surface area contributed by atoms with Gasteiger partial charge in [-0.2, -0.15) is 5.10 Å². The number of carbonyl (C=O) groups excluding carboxylic acids is 2. The number of carbonyl (C=O) groups is 2. The molecule has 192 valence electrons. The van der Waals surface area contributed by atoms with Gasteiger partial charge >= 0.3 is 6.09 Å². The van der Waals surface area contributed by atoms with E-state index in [1.807, 2.05) is 43.5 Å². The Morgan fingerprint density at radius 2 is 1.81 bits per heavy atom. The van der Waals surface area contributed by atoms with Crippen molar-refractivity contribution in [3.8, 4) is 5.69 Å². The summed E-state index contributed by atoms with van der Waals surface area (Å²) in [4.78, 5) is 28.5. The monoisotopic (exact) mass is 499 g/mol. The molecule has 0 aliphatic rings. The van der Waals surface area contributed by atoms with E-state index in [1.165, 1.54) is 11.1 Å². The lowest BCUT2D eigenvalue weighted by atomic mass is 10.0. The molecule has 4 aromatic rings. The molecule has 0 aliphatic heterocycles. The zero-order valence-electron chi connectivity index (χ0n) is 21.9. The van der Waals surface area contributed by atoms with Gasteiger partial charge in [-0.3, -0.25) is 4.79 Å². The lowest BCUT2D eigenvalue weighted by Crippen LogP contribution is -2.47. The summed E-state index contributed by atoms with van der Waals surface area (Å²) in [6.07, 6.45) is 3.12. The lowest BCUT2D eigenvalue weighted by Gasteiger charge is -2.16. The molecule has 1 atom stereocenters. The molecule has 2 aromatic carbocycles. The van der Waals surface area contributed by atoms with Crippen LogP contribution in [0.1, 0.15) is 40.6 Å². The van der Waals surface area contributed by atoms with E-state index in [9.17, 15) is 9.59 Å². The van der Waals surface area contributed by atoms with E-state index in [1.54, 1.807) is 13.1 Å². The maximum Gasteiger partial charge on any atom is 0.407 e. The highest BCUT2D eigenvalue weighted by Gasteiger charge is 2.23. The Bertz CT molecular complexity index is 1440. The van der Waals surface area contributed by atoms with Crippen molar-refractivity contribution in [3.63, 3.8) is 0 Å². The SMILES string of the molecule is CCOC(=O)N[C@H](Cc1c[nH]c2ccccc12)C(=O)N/N=C\c1cc(C)n(-c2c(C)cccc2C)c1C. The largest absolute Gasteiger partial charge is 0.450 e. The Balaban J connectivity index is 1.53. The van der Waals surface area contributed by atoms with Crippen LogP contribution in [0.2, 0.25) is 0 Å². The van der Waals surface area contributed by atoms with Crippen LogP contribution in [-0.2, 0) is 16.0 Å². The highest BCUT2D eigenvalue weighted by atomic mass is 16.5. The molecule has 0 saturated carbocycles. The molecule has 3 N–H and O–H groups in total. The standard InChI is InChI=1S/C29H33N5O3/c1-6-37-29(36)32-26(15-23-16-30-25-13-8-7-12-24(23)25)28(35)33-31-17-22-14-20(4)34(21(22)5)27-18(2)10-9-11-19(27)3/h7-14,16-17,26,30H,6,15H2,1-5H3,(H,32,36)(H,33,35)/b31-17-/t26-/m1/s1. The van der Waals surface area contributed by atoms with Crippen LogP contribution in [0.15, 0.2) is 59.8 Å². The van der Waals surface area contributed by atoms with Crippen molar-refractivity contribution in [2.24, 2.45) is 5.10 Å². The van der Waals surface area contributed by atoms with Gasteiger partial charge < -0.3 is 19.6 Å². The van der Waals surface area contributed by atoms with Gasteiger partial charge in [-0.1, -0.05) is 36.4 Å². The van der Waals surface area contributed by atoms with Gasteiger partial charge in [0.15, 0.2) is 0 Å². The summed E-state index contributed by atoms with van der Waals surface area (Å²) in [6, 6.07) is 15.2. The number of ether oxygens (including phenoxy) is 1. The summed E-state index contributed by atoms with van der Waals surface area (Å²) >= 11 is 0. The maximum absolute atomic E-state index is 13.1. The Morgan fingerprint density at radius 1 is 1.08 bits per heavy atom. The molecule has 2 aromatic heterocycles.